The van der Waals surface area contributed by atoms with E-state index >= 15 is 0 Å². The second kappa shape index (κ2) is 8.11. The molecule has 0 fully saturated rings. The van der Waals surface area contributed by atoms with Crippen molar-refractivity contribution in [3.63, 3.8) is 0 Å². The van der Waals surface area contributed by atoms with Gasteiger partial charge in [-0.05, 0) is 49.1 Å². The van der Waals surface area contributed by atoms with Crippen LogP contribution in [0.4, 0.5) is 5.69 Å². The van der Waals surface area contributed by atoms with E-state index in [0.29, 0.717) is 17.7 Å². The zero-order chi connectivity index (χ0) is 16.7. The van der Waals surface area contributed by atoms with E-state index in [2.05, 4.69) is 5.32 Å². The molecule has 1 aromatic heterocycles. The Kier molecular flexibility index (Phi) is 5.89. The molecular formula is C17H16N2O3S. The molecule has 0 aliphatic carbocycles. The number of aryl methyl sites for hydroxylation is 1. The van der Waals surface area contributed by atoms with E-state index in [1.807, 2.05) is 23.6 Å². The molecule has 2 aromatic rings. The van der Waals surface area contributed by atoms with Gasteiger partial charge in [0, 0.05) is 10.6 Å². The van der Waals surface area contributed by atoms with Crippen molar-refractivity contribution in [1.29, 1.82) is 5.26 Å². The number of hydrogen-bond donors (Lipinski definition) is 1. The van der Waals surface area contributed by atoms with Gasteiger partial charge in [0.1, 0.15) is 0 Å². The van der Waals surface area contributed by atoms with Crippen molar-refractivity contribution < 1.29 is 14.3 Å². The summed E-state index contributed by atoms with van der Waals surface area (Å²) in [4.78, 5) is 24.8. The standard InChI is InChI=1S/C17H16N2O3S/c1-12(22-16(20)9-8-15-3-2-10-23-15)17(21)19-14-6-4-13(11-18)5-7-14/h2-7,10,12H,8-9H2,1H3,(H,19,21)/t12-/m1/s1. The van der Waals surface area contributed by atoms with E-state index in [1.165, 1.54) is 6.92 Å². The largest absolute Gasteiger partial charge is 0.453 e. The molecule has 0 aliphatic rings. The molecule has 0 saturated heterocycles. The predicted molar refractivity (Wildman–Crippen MR) is 88.0 cm³/mol. The Balaban J connectivity index is 1.79. The predicted octanol–water partition coefficient (Wildman–Crippen LogP) is 3.12. The highest BCUT2D eigenvalue weighted by Crippen LogP contribution is 2.12. The Labute approximate surface area is 138 Å². The number of nitrogens with zero attached hydrogens (tertiary/aromatic N) is 1. The van der Waals surface area contributed by atoms with E-state index in [0.717, 1.165) is 4.88 Å². The summed E-state index contributed by atoms with van der Waals surface area (Å²) in [6.45, 7) is 1.53. The maximum Gasteiger partial charge on any atom is 0.306 e. The number of benzene rings is 1. The first-order valence-electron chi connectivity index (χ1n) is 7.11. The van der Waals surface area contributed by atoms with Crippen LogP contribution in [0.5, 0.6) is 0 Å². The molecule has 6 heteroatoms. The molecule has 0 radical (unpaired) electrons. The number of ether oxygens (including phenoxy) is 1. The number of rotatable bonds is 6. The van der Waals surface area contributed by atoms with Crippen molar-refractivity contribution in [3.8, 4) is 6.07 Å². The Hall–Kier alpha value is -2.65. The van der Waals surface area contributed by atoms with Crippen LogP contribution in [0.3, 0.4) is 0 Å². The van der Waals surface area contributed by atoms with Crippen LogP contribution in [0.2, 0.25) is 0 Å². The van der Waals surface area contributed by atoms with E-state index in [4.69, 9.17) is 10.00 Å². The number of anilines is 1. The first-order chi connectivity index (χ1) is 11.1. The zero-order valence-electron chi connectivity index (χ0n) is 12.6. The molecule has 1 amide bonds. The number of hydrogen-bond acceptors (Lipinski definition) is 5. The minimum atomic E-state index is -0.874. The van der Waals surface area contributed by atoms with Crippen molar-refractivity contribution in [2.75, 3.05) is 5.32 Å². The van der Waals surface area contributed by atoms with Crippen LogP contribution in [0, 0.1) is 11.3 Å². The molecule has 1 N–H and O–H groups in total. The fourth-order valence-electron chi connectivity index (χ4n) is 1.86. The second-order valence-electron chi connectivity index (χ2n) is 4.89. The number of nitriles is 1. The van der Waals surface area contributed by atoms with Gasteiger partial charge in [-0.1, -0.05) is 6.07 Å². The normalized spacial score (nSPS) is 11.3. The van der Waals surface area contributed by atoms with Gasteiger partial charge in [0.05, 0.1) is 18.1 Å². The highest BCUT2D eigenvalue weighted by molar-refractivity contribution is 7.09. The van der Waals surface area contributed by atoms with Crippen molar-refractivity contribution in [3.05, 3.63) is 52.2 Å². The quantitative estimate of drug-likeness (QED) is 0.826. The van der Waals surface area contributed by atoms with Crippen LogP contribution in [-0.4, -0.2) is 18.0 Å². The third-order valence-electron chi connectivity index (χ3n) is 3.11. The summed E-state index contributed by atoms with van der Waals surface area (Å²) in [6, 6.07) is 12.4. The minimum absolute atomic E-state index is 0.245. The molecule has 23 heavy (non-hydrogen) atoms. The first-order valence-corrected chi connectivity index (χ1v) is 7.99. The number of carbonyl (C=O) groups is 2. The molecule has 0 bridgehead atoms. The number of carbonyl (C=O) groups excluding carboxylic acids is 2. The Morgan fingerprint density at radius 2 is 2.04 bits per heavy atom. The summed E-state index contributed by atoms with van der Waals surface area (Å²) in [6.07, 6.45) is -0.0170. The summed E-state index contributed by atoms with van der Waals surface area (Å²) in [5, 5.41) is 13.3. The molecule has 2 rings (SSSR count). The van der Waals surface area contributed by atoms with Gasteiger partial charge in [0.15, 0.2) is 6.10 Å². The number of amides is 1. The molecular weight excluding hydrogens is 312 g/mol. The average molecular weight is 328 g/mol. The fraction of sp³-hybridized carbons (Fsp3) is 0.235. The topological polar surface area (TPSA) is 79.2 Å². The fourth-order valence-corrected chi connectivity index (χ4v) is 2.57. The number of esters is 1. The lowest BCUT2D eigenvalue weighted by Gasteiger charge is -2.13. The number of thiophene rings is 1. The molecule has 1 aromatic carbocycles. The Bertz CT molecular complexity index is 702. The van der Waals surface area contributed by atoms with Crippen molar-refractivity contribution >= 4 is 28.9 Å². The average Bonchev–Trinajstić information content (AvgIpc) is 3.07. The van der Waals surface area contributed by atoms with Gasteiger partial charge < -0.3 is 10.1 Å². The van der Waals surface area contributed by atoms with Crippen LogP contribution in [0.25, 0.3) is 0 Å². The van der Waals surface area contributed by atoms with Gasteiger partial charge in [-0.3, -0.25) is 9.59 Å². The van der Waals surface area contributed by atoms with Gasteiger partial charge in [0.25, 0.3) is 5.91 Å². The summed E-state index contributed by atoms with van der Waals surface area (Å²) in [7, 11) is 0. The number of nitrogens with one attached hydrogen (secondary N) is 1. The lowest BCUT2D eigenvalue weighted by molar-refractivity contribution is -0.153. The second-order valence-corrected chi connectivity index (χ2v) is 5.92. The highest BCUT2D eigenvalue weighted by atomic mass is 32.1. The van der Waals surface area contributed by atoms with E-state index < -0.39 is 18.0 Å². The zero-order valence-corrected chi connectivity index (χ0v) is 13.4. The molecule has 1 atom stereocenters. The monoisotopic (exact) mass is 328 g/mol. The van der Waals surface area contributed by atoms with Gasteiger partial charge in [-0.25, -0.2) is 0 Å². The van der Waals surface area contributed by atoms with Crippen LogP contribution < -0.4 is 5.32 Å². The molecule has 0 saturated carbocycles. The van der Waals surface area contributed by atoms with Crippen molar-refractivity contribution in [2.45, 2.75) is 25.9 Å². The van der Waals surface area contributed by atoms with Crippen molar-refractivity contribution in [1.82, 2.24) is 0 Å². The SMILES string of the molecule is C[C@@H](OC(=O)CCc1cccs1)C(=O)Nc1ccc(C#N)cc1. The molecule has 0 spiro atoms. The third kappa shape index (κ3) is 5.24. The Morgan fingerprint density at radius 1 is 1.30 bits per heavy atom. The van der Waals surface area contributed by atoms with Crippen LogP contribution in [0.15, 0.2) is 41.8 Å². The summed E-state index contributed by atoms with van der Waals surface area (Å²) in [5.74, 6) is -0.806. The molecule has 0 aliphatic heterocycles. The van der Waals surface area contributed by atoms with E-state index in [-0.39, 0.29) is 6.42 Å². The van der Waals surface area contributed by atoms with Gasteiger partial charge in [0.2, 0.25) is 0 Å². The van der Waals surface area contributed by atoms with E-state index in [1.54, 1.807) is 35.6 Å². The lowest BCUT2D eigenvalue weighted by atomic mass is 10.2. The van der Waals surface area contributed by atoms with E-state index in [9.17, 15) is 9.59 Å². The van der Waals surface area contributed by atoms with Gasteiger partial charge in [-0.15, -0.1) is 11.3 Å². The highest BCUT2D eigenvalue weighted by Gasteiger charge is 2.17. The van der Waals surface area contributed by atoms with Gasteiger partial charge in [-0.2, -0.15) is 5.26 Å². The summed E-state index contributed by atoms with van der Waals surface area (Å²) < 4.78 is 5.13. The molecule has 5 nitrogen and oxygen atoms in total. The molecule has 0 unspecified atom stereocenters. The summed E-state index contributed by atoms with van der Waals surface area (Å²) >= 11 is 1.58. The Morgan fingerprint density at radius 3 is 2.65 bits per heavy atom. The smallest absolute Gasteiger partial charge is 0.306 e. The van der Waals surface area contributed by atoms with Crippen LogP contribution in [0.1, 0.15) is 23.8 Å². The van der Waals surface area contributed by atoms with Crippen LogP contribution in [-0.2, 0) is 20.7 Å². The maximum absolute atomic E-state index is 12.0. The summed E-state index contributed by atoms with van der Waals surface area (Å²) in [5.41, 5.74) is 1.06. The molecule has 1 heterocycles. The van der Waals surface area contributed by atoms with Crippen molar-refractivity contribution in [2.24, 2.45) is 0 Å². The van der Waals surface area contributed by atoms with Gasteiger partial charge >= 0.3 is 5.97 Å². The lowest BCUT2D eigenvalue weighted by Crippen LogP contribution is -2.30. The third-order valence-corrected chi connectivity index (χ3v) is 4.05. The maximum atomic E-state index is 12.0. The molecule has 118 valence electrons. The first kappa shape index (κ1) is 16.7. The van der Waals surface area contributed by atoms with Crippen LogP contribution >= 0.6 is 11.3 Å². The minimum Gasteiger partial charge on any atom is -0.453 e.